The van der Waals surface area contributed by atoms with Crippen LogP contribution in [0.25, 0.3) is 6.08 Å². The van der Waals surface area contributed by atoms with Crippen molar-refractivity contribution in [3.8, 4) is 5.75 Å². The van der Waals surface area contributed by atoms with E-state index in [1.165, 1.54) is 0 Å². The van der Waals surface area contributed by atoms with Crippen molar-refractivity contribution in [3.05, 3.63) is 35.9 Å². The second kappa shape index (κ2) is 4.70. The van der Waals surface area contributed by atoms with Crippen LogP contribution in [0.4, 0.5) is 0 Å². The van der Waals surface area contributed by atoms with Crippen molar-refractivity contribution in [1.29, 1.82) is 0 Å². The molecular weight excluding hydrogens is 160 g/mol. The minimum atomic E-state index is 0.574. The highest BCUT2D eigenvalue weighted by molar-refractivity contribution is 5.57. The van der Waals surface area contributed by atoms with Gasteiger partial charge in [-0.05, 0) is 12.0 Å². The van der Waals surface area contributed by atoms with E-state index in [-0.39, 0.29) is 0 Å². The van der Waals surface area contributed by atoms with Gasteiger partial charge in [-0.2, -0.15) is 0 Å². The zero-order chi connectivity index (χ0) is 9.68. The lowest BCUT2D eigenvalue weighted by molar-refractivity contribution is 0.414. The molecule has 0 atom stereocenters. The Morgan fingerprint density at radius 1 is 1.23 bits per heavy atom. The van der Waals surface area contributed by atoms with Gasteiger partial charge in [0.15, 0.2) is 0 Å². The summed E-state index contributed by atoms with van der Waals surface area (Å²) in [7, 11) is 1.70. The molecule has 0 saturated heterocycles. The van der Waals surface area contributed by atoms with Gasteiger partial charge in [0, 0.05) is 5.56 Å². The summed E-state index contributed by atoms with van der Waals surface area (Å²) in [5, 5.41) is 0. The molecule has 1 aromatic rings. The molecule has 0 aliphatic heterocycles. The average Bonchev–Trinajstić information content (AvgIpc) is 2.15. The molecule has 0 saturated carbocycles. The molecule has 1 nitrogen and oxygen atoms in total. The first-order valence-electron chi connectivity index (χ1n) is 4.55. The van der Waals surface area contributed by atoms with Gasteiger partial charge >= 0.3 is 0 Å². The van der Waals surface area contributed by atoms with Gasteiger partial charge in [-0.3, -0.25) is 0 Å². The molecule has 0 fully saturated rings. The third-order valence-corrected chi connectivity index (χ3v) is 1.80. The summed E-state index contributed by atoms with van der Waals surface area (Å²) in [5.41, 5.74) is 1.14. The van der Waals surface area contributed by atoms with E-state index in [1.54, 1.807) is 7.11 Å². The summed E-state index contributed by atoms with van der Waals surface area (Å²) in [6.07, 6.45) is 4.27. The number of hydrogen-bond donors (Lipinski definition) is 0. The summed E-state index contributed by atoms with van der Waals surface area (Å²) in [6.45, 7) is 4.32. The van der Waals surface area contributed by atoms with E-state index in [1.807, 2.05) is 18.2 Å². The number of allylic oxidation sites excluding steroid dienone is 1. The predicted molar refractivity (Wildman–Crippen MR) is 56.9 cm³/mol. The van der Waals surface area contributed by atoms with Gasteiger partial charge in [0.25, 0.3) is 0 Å². The molecule has 13 heavy (non-hydrogen) atoms. The van der Waals surface area contributed by atoms with Crippen molar-refractivity contribution in [2.45, 2.75) is 13.8 Å². The molecule has 0 aliphatic carbocycles. The fourth-order valence-electron chi connectivity index (χ4n) is 1.10. The van der Waals surface area contributed by atoms with Gasteiger partial charge in [-0.1, -0.05) is 44.2 Å². The van der Waals surface area contributed by atoms with E-state index >= 15 is 0 Å². The van der Waals surface area contributed by atoms with Gasteiger partial charge < -0.3 is 4.74 Å². The summed E-state index contributed by atoms with van der Waals surface area (Å²) < 4.78 is 5.23. The van der Waals surface area contributed by atoms with Gasteiger partial charge in [-0.15, -0.1) is 0 Å². The lowest BCUT2D eigenvalue weighted by Gasteiger charge is -2.03. The molecule has 1 aromatic carbocycles. The maximum atomic E-state index is 5.23. The minimum absolute atomic E-state index is 0.574. The Labute approximate surface area is 80.0 Å². The maximum absolute atomic E-state index is 5.23. The minimum Gasteiger partial charge on any atom is -0.496 e. The van der Waals surface area contributed by atoms with Crippen LogP contribution in [0.5, 0.6) is 5.75 Å². The molecule has 1 heteroatoms. The second-order valence-corrected chi connectivity index (χ2v) is 3.35. The molecular formula is C12H16O. The Balaban J connectivity index is 2.87. The third-order valence-electron chi connectivity index (χ3n) is 1.80. The molecule has 0 unspecified atom stereocenters. The Kier molecular flexibility index (Phi) is 3.56. The van der Waals surface area contributed by atoms with Crippen molar-refractivity contribution in [3.63, 3.8) is 0 Å². The molecule has 0 heterocycles. The van der Waals surface area contributed by atoms with Gasteiger partial charge in [-0.25, -0.2) is 0 Å². The normalized spacial score (nSPS) is 11.1. The van der Waals surface area contributed by atoms with Gasteiger partial charge in [0.2, 0.25) is 0 Å². The molecule has 0 aliphatic rings. The molecule has 0 N–H and O–H groups in total. The SMILES string of the molecule is COc1ccccc1/C=C\C(C)C. The second-order valence-electron chi connectivity index (χ2n) is 3.35. The topological polar surface area (TPSA) is 9.23 Å². The summed E-state index contributed by atoms with van der Waals surface area (Å²) in [6, 6.07) is 8.02. The van der Waals surface area contributed by atoms with Gasteiger partial charge in [0.05, 0.1) is 7.11 Å². The average molecular weight is 176 g/mol. The summed E-state index contributed by atoms with van der Waals surface area (Å²) in [4.78, 5) is 0. The smallest absolute Gasteiger partial charge is 0.126 e. The monoisotopic (exact) mass is 176 g/mol. The molecule has 0 bridgehead atoms. The summed E-state index contributed by atoms with van der Waals surface area (Å²) in [5.74, 6) is 1.50. The molecule has 0 spiro atoms. The Hall–Kier alpha value is -1.24. The quantitative estimate of drug-likeness (QED) is 0.686. The Morgan fingerprint density at radius 2 is 1.92 bits per heavy atom. The Morgan fingerprint density at radius 3 is 2.54 bits per heavy atom. The third kappa shape index (κ3) is 2.94. The maximum Gasteiger partial charge on any atom is 0.126 e. The zero-order valence-corrected chi connectivity index (χ0v) is 8.45. The fourth-order valence-corrected chi connectivity index (χ4v) is 1.10. The first-order chi connectivity index (χ1) is 6.24. The molecule has 1 rings (SSSR count). The first kappa shape index (κ1) is 9.85. The van der Waals surface area contributed by atoms with Crippen LogP contribution < -0.4 is 4.74 Å². The van der Waals surface area contributed by atoms with Crippen LogP contribution >= 0.6 is 0 Å². The van der Waals surface area contributed by atoms with E-state index in [2.05, 4.69) is 32.1 Å². The number of ether oxygens (including phenoxy) is 1. The lowest BCUT2D eigenvalue weighted by Crippen LogP contribution is -1.86. The van der Waals surface area contributed by atoms with Crippen molar-refractivity contribution in [2.75, 3.05) is 7.11 Å². The highest BCUT2D eigenvalue weighted by Crippen LogP contribution is 2.19. The van der Waals surface area contributed by atoms with E-state index in [9.17, 15) is 0 Å². The zero-order valence-electron chi connectivity index (χ0n) is 8.45. The Bertz CT molecular complexity index is 287. The number of rotatable bonds is 3. The number of para-hydroxylation sites is 1. The van der Waals surface area contributed by atoms with E-state index < -0.39 is 0 Å². The predicted octanol–water partition coefficient (Wildman–Crippen LogP) is 3.36. The van der Waals surface area contributed by atoms with E-state index in [0.29, 0.717) is 5.92 Å². The van der Waals surface area contributed by atoms with E-state index in [4.69, 9.17) is 4.74 Å². The summed E-state index contributed by atoms with van der Waals surface area (Å²) >= 11 is 0. The van der Waals surface area contributed by atoms with Crippen molar-refractivity contribution >= 4 is 6.08 Å². The van der Waals surface area contributed by atoms with Crippen LogP contribution in [-0.2, 0) is 0 Å². The molecule has 0 radical (unpaired) electrons. The van der Waals surface area contributed by atoms with Gasteiger partial charge in [0.1, 0.15) is 5.75 Å². The van der Waals surface area contributed by atoms with Crippen molar-refractivity contribution in [1.82, 2.24) is 0 Å². The van der Waals surface area contributed by atoms with Crippen LogP contribution in [0.1, 0.15) is 19.4 Å². The number of hydrogen-bond acceptors (Lipinski definition) is 1. The van der Waals surface area contributed by atoms with Crippen molar-refractivity contribution in [2.24, 2.45) is 5.92 Å². The highest BCUT2D eigenvalue weighted by atomic mass is 16.5. The van der Waals surface area contributed by atoms with Crippen LogP contribution in [0, 0.1) is 5.92 Å². The van der Waals surface area contributed by atoms with Crippen LogP contribution in [-0.4, -0.2) is 7.11 Å². The largest absolute Gasteiger partial charge is 0.496 e. The first-order valence-corrected chi connectivity index (χ1v) is 4.55. The van der Waals surface area contributed by atoms with Crippen LogP contribution in [0.2, 0.25) is 0 Å². The lowest BCUT2D eigenvalue weighted by atomic mass is 10.1. The fraction of sp³-hybridized carbons (Fsp3) is 0.333. The molecule has 0 amide bonds. The van der Waals surface area contributed by atoms with Crippen molar-refractivity contribution < 1.29 is 4.74 Å². The highest BCUT2D eigenvalue weighted by Gasteiger charge is 1.96. The standard InChI is InChI=1S/C12H16O/c1-10(2)8-9-11-6-4-5-7-12(11)13-3/h4-10H,1-3H3/b9-8-. The van der Waals surface area contributed by atoms with Crippen LogP contribution in [0.3, 0.4) is 0 Å². The molecule has 70 valence electrons. The number of benzene rings is 1. The van der Waals surface area contributed by atoms with Crippen LogP contribution in [0.15, 0.2) is 30.3 Å². The van der Waals surface area contributed by atoms with E-state index in [0.717, 1.165) is 11.3 Å². The molecule has 0 aromatic heterocycles. The number of methoxy groups -OCH3 is 1.